The first kappa shape index (κ1) is 23.9. The number of aromatic hydroxyl groups is 1. The number of phenolic OH excluding ortho intramolecular Hbond substituents is 1. The Morgan fingerprint density at radius 3 is 1.60 bits per heavy atom. The van der Waals surface area contributed by atoms with Crippen molar-refractivity contribution in [2.45, 2.75) is 0 Å². The van der Waals surface area contributed by atoms with Gasteiger partial charge in [-0.05, 0) is 0 Å². The molecule has 0 bridgehead atoms. The molecule has 0 amide bonds. The molecular weight excluding hydrogens is 292 g/mol. The van der Waals surface area contributed by atoms with Crippen molar-refractivity contribution in [3.63, 3.8) is 0 Å². The standard InChI is InChI=1S/C6H7AsO4.ClH.H3N.2H2O/c8-6-3-1-5(2-4-6)7(9,10)11;;;;/h1-4,8H,(H2,9,10,11);1H;1H3;2*1H2. The van der Waals surface area contributed by atoms with Crippen LogP contribution in [0.25, 0.3) is 0 Å². The first-order chi connectivity index (χ1) is 5.00. The third-order valence-electron chi connectivity index (χ3n) is 1.19. The monoisotopic (exact) mass is 307 g/mol. The first-order valence-electron chi connectivity index (χ1n) is 2.85. The molecule has 0 atom stereocenters. The molecule has 0 radical (unpaired) electrons. The Bertz CT molecular complexity index is 299. The molecule has 0 heterocycles. The van der Waals surface area contributed by atoms with E-state index in [4.69, 9.17) is 13.3 Å². The molecule has 0 aromatic heterocycles. The van der Waals surface area contributed by atoms with Gasteiger partial charge in [-0.1, -0.05) is 0 Å². The Kier molecular flexibility index (Phi) is 14.0. The summed E-state index contributed by atoms with van der Waals surface area (Å²) in [4.78, 5) is 0. The Labute approximate surface area is 95.4 Å². The van der Waals surface area contributed by atoms with Crippen LogP contribution in [0.3, 0.4) is 0 Å². The van der Waals surface area contributed by atoms with E-state index in [1.165, 1.54) is 24.3 Å². The molecule has 0 fully saturated rings. The summed E-state index contributed by atoms with van der Waals surface area (Å²) < 4.78 is 27.9. The van der Waals surface area contributed by atoms with Crippen LogP contribution in [-0.2, 0) is 3.74 Å². The average Bonchev–Trinajstić information content (AvgIpc) is 1.86. The minimum absolute atomic E-state index is 0. The molecule has 92 valence electrons. The van der Waals surface area contributed by atoms with E-state index in [-0.39, 0.29) is 39.6 Å². The summed E-state index contributed by atoms with van der Waals surface area (Å²) in [5, 5.41) is 8.78. The van der Waals surface area contributed by atoms with E-state index < -0.39 is 14.2 Å². The Balaban J connectivity index is -0.000000151. The SMILES string of the molecule is Cl.N.O.O.O=[As](O)(O)c1ccc(O)cc1. The molecule has 0 aliphatic rings. The Morgan fingerprint density at radius 2 is 1.33 bits per heavy atom. The zero-order valence-corrected chi connectivity index (χ0v) is 10.3. The van der Waals surface area contributed by atoms with Crippen LogP contribution in [0.1, 0.15) is 0 Å². The van der Waals surface area contributed by atoms with Gasteiger partial charge in [0.2, 0.25) is 0 Å². The van der Waals surface area contributed by atoms with Crippen LogP contribution >= 0.6 is 12.4 Å². The molecule has 15 heavy (non-hydrogen) atoms. The topological polar surface area (TPSA) is 176 Å². The van der Waals surface area contributed by atoms with Gasteiger partial charge in [0.15, 0.2) is 0 Å². The second kappa shape index (κ2) is 8.75. The van der Waals surface area contributed by atoms with Gasteiger partial charge in [-0.25, -0.2) is 0 Å². The van der Waals surface area contributed by atoms with Gasteiger partial charge < -0.3 is 17.1 Å². The molecule has 7 nitrogen and oxygen atoms in total. The number of phenols is 1. The summed E-state index contributed by atoms with van der Waals surface area (Å²) in [7, 11) is 0. The predicted molar refractivity (Wildman–Crippen MR) is 58.1 cm³/mol. The van der Waals surface area contributed by atoms with Crippen molar-refractivity contribution < 1.29 is 28.0 Å². The first-order valence-corrected chi connectivity index (χ1v) is 6.23. The third-order valence-corrected chi connectivity index (χ3v) is 3.22. The molecule has 9 heteroatoms. The van der Waals surface area contributed by atoms with Crippen LogP contribution in [0.2, 0.25) is 0 Å². The summed E-state index contributed by atoms with van der Waals surface area (Å²) in [6.07, 6.45) is 0. The van der Waals surface area contributed by atoms with Gasteiger partial charge in [0.25, 0.3) is 0 Å². The van der Waals surface area contributed by atoms with E-state index in [0.717, 1.165) is 0 Å². The summed E-state index contributed by atoms with van der Waals surface area (Å²) in [5.41, 5.74) is 0. The Hall–Kier alpha value is -0.532. The van der Waals surface area contributed by atoms with Crippen molar-refractivity contribution in [3.05, 3.63) is 24.3 Å². The summed E-state index contributed by atoms with van der Waals surface area (Å²) in [6, 6.07) is 4.93. The fourth-order valence-electron chi connectivity index (χ4n) is 0.647. The number of rotatable bonds is 1. The van der Waals surface area contributed by atoms with Crippen molar-refractivity contribution in [2.75, 3.05) is 0 Å². The molecule has 1 rings (SSSR count). The van der Waals surface area contributed by atoms with Crippen molar-refractivity contribution >= 4 is 30.9 Å². The molecule has 0 aliphatic heterocycles. The summed E-state index contributed by atoms with van der Waals surface area (Å²) in [5.74, 6) is -0.00213. The molecule has 10 N–H and O–H groups in total. The number of halogens is 1. The van der Waals surface area contributed by atoms with E-state index in [9.17, 15) is 3.74 Å². The van der Waals surface area contributed by atoms with Gasteiger partial charge in [-0.15, -0.1) is 12.4 Å². The van der Waals surface area contributed by atoms with Crippen LogP contribution in [0.4, 0.5) is 0 Å². The van der Waals surface area contributed by atoms with Crippen molar-refractivity contribution in [2.24, 2.45) is 0 Å². The van der Waals surface area contributed by atoms with Crippen LogP contribution in [0, 0.1) is 0 Å². The molecule has 0 saturated carbocycles. The van der Waals surface area contributed by atoms with Crippen molar-refractivity contribution in [1.82, 2.24) is 6.15 Å². The molecule has 0 aliphatic carbocycles. The number of benzene rings is 1. The van der Waals surface area contributed by atoms with Gasteiger partial charge in [0.1, 0.15) is 0 Å². The maximum atomic E-state index is 10.6. The maximum absolute atomic E-state index is 10.6. The second-order valence-electron chi connectivity index (χ2n) is 2.06. The molecule has 0 spiro atoms. The summed E-state index contributed by atoms with van der Waals surface area (Å²) >= 11 is -4.74. The van der Waals surface area contributed by atoms with Crippen LogP contribution in [0.15, 0.2) is 24.3 Å². The quantitative estimate of drug-likeness (QED) is 0.433. The predicted octanol–water partition coefficient (Wildman–Crippen LogP) is -2.11. The molecule has 0 saturated heterocycles. The fraction of sp³-hybridized carbons (Fsp3) is 0. The van der Waals surface area contributed by atoms with Crippen LogP contribution in [0.5, 0.6) is 5.75 Å². The zero-order chi connectivity index (χ0) is 8.48. The zero-order valence-electron chi connectivity index (χ0n) is 7.62. The van der Waals surface area contributed by atoms with E-state index in [0.29, 0.717) is 0 Å². The van der Waals surface area contributed by atoms with Crippen molar-refractivity contribution in [3.8, 4) is 5.75 Å². The number of hydrogen-bond donors (Lipinski definition) is 4. The van der Waals surface area contributed by atoms with Crippen LogP contribution < -0.4 is 10.5 Å². The van der Waals surface area contributed by atoms with E-state index in [2.05, 4.69) is 0 Å². The third kappa shape index (κ3) is 7.40. The molecule has 0 unspecified atom stereocenters. The number of hydrogen-bond acceptors (Lipinski definition) is 3. The summed E-state index contributed by atoms with van der Waals surface area (Å²) in [6.45, 7) is 0. The van der Waals surface area contributed by atoms with Gasteiger partial charge in [-0.3, -0.25) is 0 Å². The van der Waals surface area contributed by atoms with E-state index in [1.54, 1.807) is 0 Å². The Morgan fingerprint density at radius 1 is 1.00 bits per heavy atom. The normalized spacial score (nSPS) is 8.40. The average molecular weight is 308 g/mol. The molecule has 1 aromatic carbocycles. The fourth-order valence-corrected chi connectivity index (χ4v) is 1.77. The van der Waals surface area contributed by atoms with E-state index >= 15 is 0 Å². The second-order valence-corrected chi connectivity index (χ2v) is 5.43. The molecule has 1 aromatic rings. The van der Waals surface area contributed by atoms with Gasteiger partial charge >= 0.3 is 65.6 Å². The van der Waals surface area contributed by atoms with E-state index in [1.807, 2.05) is 0 Å². The van der Waals surface area contributed by atoms with Gasteiger partial charge in [0.05, 0.1) is 0 Å². The van der Waals surface area contributed by atoms with Gasteiger partial charge in [-0.2, -0.15) is 0 Å². The van der Waals surface area contributed by atoms with Crippen molar-refractivity contribution in [1.29, 1.82) is 0 Å². The molecular formula is C6H15AsClNO6. The minimum atomic E-state index is -4.74. The van der Waals surface area contributed by atoms with Gasteiger partial charge in [0, 0.05) is 0 Å². The van der Waals surface area contributed by atoms with Crippen LogP contribution in [-0.4, -0.2) is 38.4 Å².